The molecule has 160 valence electrons. The molecule has 1 aliphatic heterocycles. The number of aromatic nitrogens is 2. The average molecular weight is 511 g/mol. The van der Waals surface area contributed by atoms with Gasteiger partial charge in [-0.05, 0) is 50.8 Å². The van der Waals surface area contributed by atoms with E-state index in [9.17, 15) is 0 Å². The van der Waals surface area contributed by atoms with Crippen molar-refractivity contribution in [2.24, 2.45) is 12.0 Å². The van der Waals surface area contributed by atoms with E-state index in [1.165, 1.54) is 27.9 Å². The van der Waals surface area contributed by atoms with Crippen molar-refractivity contribution < 1.29 is 4.74 Å². The minimum absolute atomic E-state index is 0. The van der Waals surface area contributed by atoms with Gasteiger partial charge in [0.1, 0.15) is 6.10 Å². The van der Waals surface area contributed by atoms with Crippen LogP contribution in [0.5, 0.6) is 0 Å². The van der Waals surface area contributed by atoms with Crippen molar-refractivity contribution in [3.8, 4) is 0 Å². The molecule has 1 atom stereocenters. The third-order valence-corrected chi connectivity index (χ3v) is 5.67. The minimum atomic E-state index is 0. The molecule has 7 heteroatoms. The molecule has 29 heavy (non-hydrogen) atoms. The lowest BCUT2D eigenvalue weighted by molar-refractivity contribution is -0.00830. The fourth-order valence-corrected chi connectivity index (χ4v) is 4.03. The van der Waals surface area contributed by atoms with E-state index >= 15 is 0 Å². The van der Waals surface area contributed by atoms with Crippen molar-refractivity contribution in [2.75, 3.05) is 33.3 Å². The molecule has 2 aromatic rings. The second-order valence-corrected chi connectivity index (χ2v) is 7.66. The molecule has 3 rings (SSSR count). The molecule has 0 aliphatic carbocycles. The molecular weight excluding hydrogens is 477 g/mol. The lowest BCUT2D eigenvalue weighted by atomic mass is 10.00. The Kier molecular flexibility index (Phi) is 8.51. The number of nitrogens with zero attached hydrogens (tertiary/aromatic N) is 4. The van der Waals surface area contributed by atoms with Crippen LogP contribution in [0, 0.1) is 27.7 Å². The topological polar surface area (TPSA) is 54.7 Å². The summed E-state index contributed by atoms with van der Waals surface area (Å²) < 4.78 is 8.04. The lowest BCUT2D eigenvalue weighted by Gasteiger charge is -2.36. The SMILES string of the molecule is CN=C(NCCc1c(C)nn(C)c1C)N1CCOC(c2ccc(C)cc2C)C1.I. The van der Waals surface area contributed by atoms with Crippen LogP contribution in [-0.4, -0.2) is 53.9 Å². The molecule has 1 N–H and O–H groups in total. The molecule has 0 saturated carbocycles. The number of benzene rings is 1. The molecule has 0 bridgehead atoms. The Morgan fingerprint density at radius 1 is 1.28 bits per heavy atom. The first-order valence-electron chi connectivity index (χ1n) is 10.0. The van der Waals surface area contributed by atoms with Crippen LogP contribution < -0.4 is 5.32 Å². The number of ether oxygens (including phenoxy) is 1. The summed E-state index contributed by atoms with van der Waals surface area (Å²) in [6.45, 7) is 11.7. The molecule has 1 aliphatic rings. The molecule has 1 unspecified atom stereocenters. The largest absolute Gasteiger partial charge is 0.370 e. The third-order valence-electron chi connectivity index (χ3n) is 5.67. The van der Waals surface area contributed by atoms with Crippen molar-refractivity contribution in [3.05, 3.63) is 51.8 Å². The maximum atomic E-state index is 6.08. The number of hydrogen-bond donors (Lipinski definition) is 1. The number of hydrogen-bond acceptors (Lipinski definition) is 3. The van der Waals surface area contributed by atoms with Gasteiger partial charge in [0.15, 0.2) is 5.96 Å². The van der Waals surface area contributed by atoms with E-state index in [1.807, 2.05) is 18.8 Å². The molecule has 0 spiro atoms. The quantitative estimate of drug-likeness (QED) is 0.388. The summed E-state index contributed by atoms with van der Waals surface area (Å²) in [6.07, 6.45) is 1.02. The Hall–Kier alpha value is -1.61. The van der Waals surface area contributed by atoms with Gasteiger partial charge in [-0.2, -0.15) is 5.10 Å². The summed E-state index contributed by atoms with van der Waals surface area (Å²) in [5.41, 5.74) is 7.51. The summed E-state index contributed by atoms with van der Waals surface area (Å²) >= 11 is 0. The van der Waals surface area contributed by atoms with Gasteiger partial charge >= 0.3 is 0 Å². The number of rotatable bonds is 4. The Bertz CT molecular complexity index is 861. The van der Waals surface area contributed by atoms with Crippen molar-refractivity contribution in [1.82, 2.24) is 20.0 Å². The fraction of sp³-hybridized carbons (Fsp3) is 0.545. The maximum Gasteiger partial charge on any atom is 0.193 e. The molecular formula is C22H34IN5O. The second kappa shape index (κ2) is 10.4. The van der Waals surface area contributed by atoms with Crippen LogP contribution in [0.25, 0.3) is 0 Å². The summed E-state index contributed by atoms with van der Waals surface area (Å²) in [6, 6.07) is 6.59. The van der Waals surface area contributed by atoms with E-state index in [0.717, 1.165) is 37.7 Å². The summed E-state index contributed by atoms with van der Waals surface area (Å²) in [4.78, 5) is 6.81. The maximum absolute atomic E-state index is 6.08. The molecule has 1 fully saturated rings. The van der Waals surface area contributed by atoms with Crippen LogP contribution in [0.15, 0.2) is 23.2 Å². The Balaban J connectivity index is 0.00000300. The summed E-state index contributed by atoms with van der Waals surface area (Å²) in [5.74, 6) is 0.942. The van der Waals surface area contributed by atoms with Crippen molar-refractivity contribution in [1.29, 1.82) is 0 Å². The number of nitrogens with one attached hydrogen (secondary N) is 1. The first-order valence-corrected chi connectivity index (χ1v) is 10.0. The van der Waals surface area contributed by atoms with E-state index in [2.05, 4.69) is 66.2 Å². The summed E-state index contributed by atoms with van der Waals surface area (Å²) in [7, 11) is 3.85. The first kappa shape index (κ1) is 23.7. The standard InChI is InChI=1S/C22H33N5O.HI/c1-15-7-8-19(16(2)13-15)21-14-27(11-12-28-21)22(23-5)24-10-9-20-17(3)25-26(6)18(20)4;/h7-8,13,21H,9-12,14H2,1-6H3,(H,23,24);1H. The van der Waals surface area contributed by atoms with E-state index in [1.54, 1.807) is 0 Å². The zero-order valence-corrected chi connectivity index (χ0v) is 20.8. The number of guanidine groups is 1. The molecule has 1 aromatic carbocycles. The van der Waals surface area contributed by atoms with E-state index in [4.69, 9.17) is 4.74 Å². The van der Waals surface area contributed by atoms with Gasteiger partial charge in [-0.25, -0.2) is 0 Å². The molecule has 0 amide bonds. The average Bonchev–Trinajstić information content (AvgIpc) is 2.91. The fourth-order valence-electron chi connectivity index (χ4n) is 4.03. The highest BCUT2D eigenvalue weighted by molar-refractivity contribution is 14.0. The second-order valence-electron chi connectivity index (χ2n) is 7.66. The van der Waals surface area contributed by atoms with E-state index < -0.39 is 0 Å². The zero-order valence-electron chi connectivity index (χ0n) is 18.5. The van der Waals surface area contributed by atoms with Crippen LogP contribution in [-0.2, 0) is 18.2 Å². The number of aliphatic imine (C=N–C) groups is 1. The predicted octanol–water partition coefficient (Wildman–Crippen LogP) is 3.46. The van der Waals surface area contributed by atoms with Gasteiger partial charge in [0.25, 0.3) is 0 Å². The van der Waals surface area contributed by atoms with Crippen LogP contribution in [0.2, 0.25) is 0 Å². The van der Waals surface area contributed by atoms with Gasteiger partial charge in [0, 0.05) is 32.9 Å². The monoisotopic (exact) mass is 511 g/mol. The molecule has 0 radical (unpaired) electrons. The van der Waals surface area contributed by atoms with Gasteiger partial charge in [0.2, 0.25) is 0 Å². The molecule has 6 nitrogen and oxygen atoms in total. The number of morpholine rings is 1. The predicted molar refractivity (Wildman–Crippen MR) is 129 cm³/mol. The Morgan fingerprint density at radius 2 is 2.03 bits per heavy atom. The molecule has 1 aromatic heterocycles. The van der Waals surface area contributed by atoms with Crippen LogP contribution >= 0.6 is 24.0 Å². The van der Waals surface area contributed by atoms with Crippen molar-refractivity contribution in [3.63, 3.8) is 0 Å². The van der Waals surface area contributed by atoms with Crippen LogP contribution in [0.4, 0.5) is 0 Å². The van der Waals surface area contributed by atoms with Gasteiger partial charge < -0.3 is 15.0 Å². The summed E-state index contributed by atoms with van der Waals surface area (Å²) in [5, 5.41) is 8.04. The number of aryl methyl sites for hydroxylation is 4. The van der Waals surface area contributed by atoms with E-state index in [-0.39, 0.29) is 30.1 Å². The number of halogens is 1. The highest BCUT2D eigenvalue weighted by atomic mass is 127. The Labute approximate surface area is 191 Å². The van der Waals surface area contributed by atoms with Crippen molar-refractivity contribution >= 4 is 29.9 Å². The van der Waals surface area contributed by atoms with Gasteiger partial charge in [-0.3, -0.25) is 9.67 Å². The highest BCUT2D eigenvalue weighted by Crippen LogP contribution is 2.26. The van der Waals surface area contributed by atoms with Crippen molar-refractivity contribution in [2.45, 2.75) is 40.2 Å². The van der Waals surface area contributed by atoms with Crippen LogP contribution in [0.1, 0.15) is 39.7 Å². The normalized spacial score (nSPS) is 17.2. The van der Waals surface area contributed by atoms with Gasteiger partial charge in [-0.1, -0.05) is 23.8 Å². The first-order chi connectivity index (χ1) is 13.4. The minimum Gasteiger partial charge on any atom is -0.370 e. The third kappa shape index (κ3) is 5.51. The molecule has 2 heterocycles. The Morgan fingerprint density at radius 3 is 2.66 bits per heavy atom. The van der Waals surface area contributed by atoms with Crippen LogP contribution in [0.3, 0.4) is 0 Å². The highest BCUT2D eigenvalue weighted by Gasteiger charge is 2.25. The van der Waals surface area contributed by atoms with E-state index in [0.29, 0.717) is 6.61 Å². The van der Waals surface area contributed by atoms with Gasteiger partial charge in [0.05, 0.1) is 18.8 Å². The molecule has 1 saturated heterocycles. The van der Waals surface area contributed by atoms with Gasteiger partial charge in [-0.15, -0.1) is 24.0 Å². The lowest BCUT2D eigenvalue weighted by Crippen LogP contribution is -2.48. The smallest absolute Gasteiger partial charge is 0.193 e. The zero-order chi connectivity index (χ0) is 20.3.